The van der Waals surface area contributed by atoms with Gasteiger partial charge in [0.2, 0.25) is 5.91 Å². The maximum atomic E-state index is 12.9. The number of anilines is 1. The van der Waals surface area contributed by atoms with Gasteiger partial charge in [-0.3, -0.25) is 9.10 Å². The van der Waals surface area contributed by atoms with Crippen molar-refractivity contribution in [1.82, 2.24) is 0 Å². The lowest BCUT2D eigenvalue weighted by Crippen LogP contribution is -2.35. The van der Waals surface area contributed by atoms with Gasteiger partial charge in [-0.25, -0.2) is 8.42 Å². The summed E-state index contributed by atoms with van der Waals surface area (Å²) in [5.74, 6) is -0.585. The van der Waals surface area contributed by atoms with Crippen LogP contribution in [0.5, 0.6) is 0 Å². The molecule has 2 aromatic rings. The number of sulfonamides is 1. The molecule has 0 radical (unpaired) electrons. The first kappa shape index (κ1) is 15.8. The van der Waals surface area contributed by atoms with E-state index in [2.05, 4.69) is 0 Å². The Morgan fingerprint density at radius 1 is 1.17 bits per heavy atom. The van der Waals surface area contributed by atoms with Crippen molar-refractivity contribution in [2.75, 3.05) is 10.8 Å². The Kier molecular flexibility index (Phi) is 4.04. The van der Waals surface area contributed by atoms with Crippen molar-refractivity contribution >= 4 is 33.2 Å². The van der Waals surface area contributed by atoms with E-state index in [9.17, 15) is 13.2 Å². The van der Waals surface area contributed by atoms with E-state index in [0.717, 1.165) is 12.0 Å². The van der Waals surface area contributed by atoms with Gasteiger partial charge in [0.25, 0.3) is 10.0 Å². The maximum Gasteiger partial charge on any atom is 0.264 e. The number of fused-ring (bicyclic) bond motifs is 1. The lowest BCUT2D eigenvalue weighted by atomic mass is 10.0. The molecule has 1 aliphatic heterocycles. The molecule has 0 atom stereocenters. The van der Waals surface area contributed by atoms with Crippen LogP contribution in [-0.2, 0) is 16.4 Å². The first-order valence-electron chi connectivity index (χ1n) is 7.10. The van der Waals surface area contributed by atoms with E-state index >= 15 is 0 Å². The Balaban J connectivity index is 2.12. The van der Waals surface area contributed by atoms with Crippen LogP contribution in [-0.4, -0.2) is 20.9 Å². The van der Waals surface area contributed by atoms with Gasteiger partial charge in [-0.1, -0.05) is 23.7 Å². The molecule has 1 amide bonds. The van der Waals surface area contributed by atoms with Crippen LogP contribution in [0.2, 0.25) is 5.02 Å². The molecule has 0 aromatic heterocycles. The summed E-state index contributed by atoms with van der Waals surface area (Å²) in [6, 6.07) is 11.1. The molecule has 2 N–H and O–H groups in total. The predicted molar refractivity (Wildman–Crippen MR) is 89.3 cm³/mol. The number of aryl methyl sites for hydroxylation is 1. The molecular formula is C16H15ClN2O3S. The van der Waals surface area contributed by atoms with Crippen LogP contribution in [0.4, 0.5) is 5.69 Å². The summed E-state index contributed by atoms with van der Waals surface area (Å²) >= 11 is 5.91. The molecule has 3 rings (SSSR count). The third-order valence-corrected chi connectivity index (χ3v) is 5.87. The number of carbonyl (C=O) groups is 1. The van der Waals surface area contributed by atoms with Crippen molar-refractivity contribution < 1.29 is 13.2 Å². The SMILES string of the molecule is NC(=O)c1ccc2c(c1)N(S(=O)(=O)c1cccc(Cl)c1)CCC2. The normalized spacial score (nSPS) is 14.4. The van der Waals surface area contributed by atoms with E-state index in [0.29, 0.717) is 23.7 Å². The van der Waals surface area contributed by atoms with E-state index in [-0.39, 0.29) is 10.5 Å². The number of rotatable bonds is 3. The molecule has 0 bridgehead atoms. The number of primary amides is 1. The van der Waals surface area contributed by atoms with Gasteiger partial charge in [0.15, 0.2) is 0 Å². The molecule has 0 spiro atoms. The van der Waals surface area contributed by atoms with Crippen molar-refractivity contribution in [2.45, 2.75) is 17.7 Å². The predicted octanol–water partition coefficient (Wildman–Crippen LogP) is 2.58. The largest absolute Gasteiger partial charge is 0.366 e. The summed E-state index contributed by atoms with van der Waals surface area (Å²) in [4.78, 5) is 11.5. The fourth-order valence-electron chi connectivity index (χ4n) is 2.70. The number of hydrogen-bond donors (Lipinski definition) is 1. The number of benzene rings is 2. The zero-order chi connectivity index (χ0) is 16.6. The van der Waals surface area contributed by atoms with E-state index in [1.165, 1.54) is 16.4 Å². The summed E-state index contributed by atoms with van der Waals surface area (Å²) in [6.07, 6.45) is 1.47. The summed E-state index contributed by atoms with van der Waals surface area (Å²) in [6.45, 7) is 0.351. The topological polar surface area (TPSA) is 80.5 Å². The average Bonchev–Trinajstić information content (AvgIpc) is 2.53. The number of hydrogen-bond acceptors (Lipinski definition) is 3. The van der Waals surface area contributed by atoms with Crippen LogP contribution in [0.25, 0.3) is 0 Å². The van der Waals surface area contributed by atoms with Crippen molar-refractivity contribution in [3.05, 3.63) is 58.6 Å². The smallest absolute Gasteiger partial charge is 0.264 e. The second-order valence-electron chi connectivity index (χ2n) is 5.35. The van der Waals surface area contributed by atoms with Gasteiger partial charge < -0.3 is 5.73 Å². The summed E-state index contributed by atoms with van der Waals surface area (Å²) in [7, 11) is -3.74. The van der Waals surface area contributed by atoms with Gasteiger partial charge in [-0.05, 0) is 48.7 Å². The van der Waals surface area contributed by atoms with Crippen LogP contribution in [0.1, 0.15) is 22.3 Å². The van der Waals surface area contributed by atoms with Gasteiger partial charge in [-0.2, -0.15) is 0 Å². The van der Waals surface area contributed by atoms with E-state index in [1.54, 1.807) is 30.3 Å². The number of carbonyl (C=O) groups excluding carboxylic acids is 1. The minimum absolute atomic E-state index is 0.127. The minimum Gasteiger partial charge on any atom is -0.366 e. The van der Waals surface area contributed by atoms with Gasteiger partial charge in [0.1, 0.15) is 0 Å². The molecule has 0 fully saturated rings. The first-order chi connectivity index (χ1) is 10.9. The molecular weight excluding hydrogens is 336 g/mol. The van der Waals surface area contributed by atoms with Gasteiger partial charge in [0.05, 0.1) is 10.6 Å². The summed E-state index contributed by atoms with van der Waals surface area (Å²) < 4.78 is 27.2. The molecule has 2 aromatic carbocycles. The van der Waals surface area contributed by atoms with Crippen LogP contribution in [0, 0.1) is 0 Å². The second-order valence-corrected chi connectivity index (χ2v) is 7.64. The highest BCUT2D eigenvalue weighted by Gasteiger charge is 2.29. The Hall–Kier alpha value is -2.05. The fraction of sp³-hybridized carbons (Fsp3) is 0.188. The zero-order valence-electron chi connectivity index (χ0n) is 12.2. The minimum atomic E-state index is -3.74. The van der Waals surface area contributed by atoms with Crippen molar-refractivity contribution in [1.29, 1.82) is 0 Å². The van der Waals surface area contributed by atoms with E-state index in [1.807, 2.05) is 0 Å². The zero-order valence-corrected chi connectivity index (χ0v) is 13.8. The van der Waals surface area contributed by atoms with Crippen LogP contribution in [0.3, 0.4) is 0 Å². The van der Waals surface area contributed by atoms with E-state index < -0.39 is 15.9 Å². The first-order valence-corrected chi connectivity index (χ1v) is 8.92. The average molecular weight is 351 g/mol. The molecule has 0 unspecified atom stereocenters. The molecule has 0 saturated carbocycles. The van der Waals surface area contributed by atoms with Gasteiger partial charge in [-0.15, -0.1) is 0 Å². The third-order valence-electron chi connectivity index (χ3n) is 3.83. The molecule has 23 heavy (non-hydrogen) atoms. The Labute approximate surface area is 139 Å². The molecule has 7 heteroatoms. The lowest BCUT2D eigenvalue weighted by molar-refractivity contribution is 0.100. The quantitative estimate of drug-likeness (QED) is 0.923. The van der Waals surface area contributed by atoms with Crippen molar-refractivity contribution in [2.24, 2.45) is 5.73 Å². The molecule has 1 heterocycles. The lowest BCUT2D eigenvalue weighted by Gasteiger charge is -2.30. The number of halogens is 1. The van der Waals surface area contributed by atoms with E-state index in [4.69, 9.17) is 17.3 Å². The molecule has 0 aliphatic carbocycles. The summed E-state index contributed by atoms with van der Waals surface area (Å²) in [5, 5.41) is 0.356. The number of amides is 1. The molecule has 0 saturated heterocycles. The number of nitrogens with zero attached hydrogens (tertiary/aromatic N) is 1. The van der Waals surface area contributed by atoms with Crippen molar-refractivity contribution in [3.63, 3.8) is 0 Å². The highest BCUT2D eigenvalue weighted by molar-refractivity contribution is 7.92. The van der Waals surface area contributed by atoms with Crippen LogP contribution in [0.15, 0.2) is 47.4 Å². The van der Waals surface area contributed by atoms with Gasteiger partial charge in [0, 0.05) is 17.1 Å². The second kappa shape index (κ2) is 5.86. The summed E-state index contributed by atoms with van der Waals surface area (Å²) in [5.41, 5.74) is 6.99. The fourth-order valence-corrected chi connectivity index (χ4v) is 4.53. The highest BCUT2D eigenvalue weighted by atomic mass is 35.5. The Morgan fingerprint density at radius 2 is 1.96 bits per heavy atom. The maximum absolute atomic E-state index is 12.9. The molecule has 1 aliphatic rings. The number of nitrogens with two attached hydrogens (primary N) is 1. The molecule has 5 nitrogen and oxygen atoms in total. The van der Waals surface area contributed by atoms with Crippen LogP contribution < -0.4 is 10.0 Å². The Bertz CT molecular complexity index is 881. The van der Waals surface area contributed by atoms with Crippen LogP contribution >= 0.6 is 11.6 Å². The monoisotopic (exact) mass is 350 g/mol. The van der Waals surface area contributed by atoms with Gasteiger partial charge >= 0.3 is 0 Å². The standard InChI is InChI=1S/C16H15ClN2O3S/c17-13-4-1-5-14(10-13)23(21,22)19-8-2-3-11-6-7-12(16(18)20)9-15(11)19/h1,4-7,9-10H,2-3,8H2,(H2,18,20). The Morgan fingerprint density at radius 3 is 2.65 bits per heavy atom. The molecule has 120 valence electrons. The van der Waals surface area contributed by atoms with Crippen molar-refractivity contribution in [3.8, 4) is 0 Å². The highest BCUT2D eigenvalue weighted by Crippen LogP contribution is 2.33. The third kappa shape index (κ3) is 2.92.